The van der Waals surface area contributed by atoms with Crippen LogP contribution in [0.5, 0.6) is 5.75 Å². The second kappa shape index (κ2) is 6.03. The molecule has 1 N–H and O–H groups in total. The highest BCUT2D eigenvalue weighted by Crippen LogP contribution is 2.19. The molecule has 96 valence electrons. The van der Waals surface area contributed by atoms with Crippen LogP contribution in [0.2, 0.25) is 0 Å². The quantitative estimate of drug-likeness (QED) is 0.828. The lowest BCUT2D eigenvalue weighted by molar-refractivity contribution is 0.00545. The maximum Gasteiger partial charge on any atom is 0.119 e. The van der Waals surface area contributed by atoms with Gasteiger partial charge in [-0.25, -0.2) is 0 Å². The van der Waals surface area contributed by atoms with Crippen LogP contribution < -0.4 is 4.74 Å². The molecule has 0 amide bonds. The van der Waals surface area contributed by atoms with Gasteiger partial charge in [0.2, 0.25) is 0 Å². The van der Waals surface area contributed by atoms with Crippen molar-refractivity contribution in [3.8, 4) is 5.75 Å². The second-order valence-electron chi connectivity index (χ2n) is 4.81. The van der Waals surface area contributed by atoms with Gasteiger partial charge in [-0.2, -0.15) is 0 Å². The van der Waals surface area contributed by atoms with Crippen molar-refractivity contribution in [2.24, 2.45) is 0 Å². The number of aliphatic hydroxyl groups excluding tert-OH is 1. The van der Waals surface area contributed by atoms with Crippen molar-refractivity contribution < 1.29 is 14.6 Å². The Bertz CT molecular complexity index is 328. The Balaban J connectivity index is 2.42. The van der Waals surface area contributed by atoms with E-state index in [9.17, 15) is 5.11 Å². The van der Waals surface area contributed by atoms with Crippen LogP contribution in [0, 0.1) is 0 Å². The number of methoxy groups -OCH3 is 1. The monoisotopic (exact) mass is 238 g/mol. The first-order chi connectivity index (χ1) is 7.94. The maximum absolute atomic E-state index is 9.37. The van der Waals surface area contributed by atoms with Crippen molar-refractivity contribution >= 4 is 0 Å². The minimum Gasteiger partial charge on any atom is -0.493 e. The van der Waals surface area contributed by atoms with Crippen molar-refractivity contribution in [3.05, 3.63) is 29.8 Å². The Hall–Kier alpha value is -1.06. The Morgan fingerprint density at radius 1 is 1.24 bits per heavy atom. The van der Waals surface area contributed by atoms with Crippen molar-refractivity contribution in [2.75, 3.05) is 13.7 Å². The fourth-order valence-corrected chi connectivity index (χ4v) is 1.36. The molecule has 0 bridgehead atoms. The highest BCUT2D eigenvalue weighted by Gasteiger charge is 2.15. The topological polar surface area (TPSA) is 38.7 Å². The fourth-order valence-electron chi connectivity index (χ4n) is 1.36. The molecule has 17 heavy (non-hydrogen) atoms. The van der Waals surface area contributed by atoms with Crippen molar-refractivity contribution in [3.63, 3.8) is 0 Å². The van der Waals surface area contributed by atoms with E-state index in [0.29, 0.717) is 6.61 Å². The average molecular weight is 238 g/mol. The summed E-state index contributed by atoms with van der Waals surface area (Å²) in [5.41, 5.74) is 0.745. The highest BCUT2D eigenvalue weighted by atomic mass is 16.5. The van der Waals surface area contributed by atoms with Crippen molar-refractivity contribution in [1.82, 2.24) is 0 Å². The van der Waals surface area contributed by atoms with Gasteiger partial charge in [0.1, 0.15) is 5.75 Å². The summed E-state index contributed by atoms with van der Waals surface area (Å²) in [7, 11) is 1.71. The molecule has 0 aliphatic rings. The first kappa shape index (κ1) is 14.0. The van der Waals surface area contributed by atoms with Gasteiger partial charge in [0, 0.05) is 13.5 Å². The first-order valence-corrected chi connectivity index (χ1v) is 5.90. The van der Waals surface area contributed by atoms with E-state index in [0.717, 1.165) is 17.7 Å². The number of ether oxygens (including phenoxy) is 2. The Morgan fingerprint density at radius 2 is 1.82 bits per heavy atom. The summed E-state index contributed by atoms with van der Waals surface area (Å²) in [4.78, 5) is 0. The zero-order valence-corrected chi connectivity index (χ0v) is 11.1. The van der Waals surface area contributed by atoms with E-state index >= 15 is 0 Å². The summed E-state index contributed by atoms with van der Waals surface area (Å²) in [6.07, 6.45) is 0.401. The molecule has 0 heterocycles. The molecule has 3 nitrogen and oxygen atoms in total. The molecule has 0 aliphatic heterocycles. The number of benzene rings is 1. The maximum atomic E-state index is 9.37. The van der Waals surface area contributed by atoms with Gasteiger partial charge >= 0.3 is 0 Å². The minimum atomic E-state index is -0.434. The predicted octanol–water partition coefficient (Wildman–Crippen LogP) is 2.93. The smallest absolute Gasteiger partial charge is 0.119 e. The number of hydrogen-bond acceptors (Lipinski definition) is 3. The Labute approximate surface area is 103 Å². The number of hydrogen-bond donors (Lipinski definition) is 1. The molecular weight excluding hydrogens is 216 g/mol. The Morgan fingerprint density at radius 3 is 2.29 bits per heavy atom. The highest BCUT2D eigenvalue weighted by molar-refractivity contribution is 5.28. The van der Waals surface area contributed by atoms with Crippen molar-refractivity contribution in [2.45, 2.75) is 38.9 Å². The third-order valence-corrected chi connectivity index (χ3v) is 2.89. The summed E-state index contributed by atoms with van der Waals surface area (Å²) < 4.78 is 10.9. The predicted molar refractivity (Wildman–Crippen MR) is 68.3 cm³/mol. The normalized spacial score (nSPS) is 13.5. The molecule has 1 aromatic rings. The molecule has 3 heteroatoms. The van der Waals surface area contributed by atoms with Crippen LogP contribution in [-0.2, 0) is 4.74 Å². The van der Waals surface area contributed by atoms with Crippen molar-refractivity contribution in [1.29, 1.82) is 0 Å². The summed E-state index contributed by atoms with van der Waals surface area (Å²) in [5.74, 6) is 0.821. The summed E-state index contributed by atoms with van der Waals surface area (Å²) in [5, 5.41) is 9.37. The van der Waals surface area contributed by atoms with Crippen LogP contribution in [0.4, 0.5) is 0 Å². The zero-order chi connectivity index (χ0) is 12.9. The van der Waals surface area contributed by atoms with Crippen LogP contribution >= 0.6 is 0 Å². The molecule has 1 rings (SSSR count). The summed E-state index contributed by atoms with van der Waals surface area (Å²) in [6.45, 7) is 6.44. The molecule has 0 radical (unpaired) electrons. The van der Waals surface area contributed by atoms with Gasteiger partial charge in [0.15, 0.2) is 0 Å². The molecule has 0 aromatic heterocycles. The van der Waals surface area contributed by atoms with Gasteiger partial charge < -0.3 is 14.6 Å². The standard InChI is InChI=1S/C14H22O3/c1-11(15)12-5-7-13(8-6-12)17-10-9-14(2,3)16-4/h5-8,11,15H,9-10H2,1-4H3. The summed E-state index contributed by atoms with van der Waals surface area (Å²) in [6, 6.07) is 7.51. The van der Waals surface area contributed by atoms with E-state index in [1.165, 1.54) is 0 Å². The number of rotatable bonds is 6. The van der Waals surface area contributed by atoms with Gasteiger partial charge in [-0.3, -0.25) is 0 Å². The van der Waals surface area contributed by atoms with E-state index in [1.807, 2.05) is 38.1 Å². The van der Waals surface area contributed by atoms with Gasteiger partial charge in [-0.1, -0.05) is 12.1 Å². The molecule has 0 saturated carbocycles. The van der Waals surface area contributed by atoms with E-state index in [2.05, 4.69) is 0 Å². The lowest BCUT2D eigenvalue weighted by Gasteiger charge is -2.22. The number of aliphatic hydroxyl groups is 1. The lowest BCUT2D eigenvalue weighted by Crippen LogP contribution is -2.25. The molecule has 1 atom stereocenters. The van der Waals surface area contributed by atoms with Gasteiger partial charge in [0.25, 0.3) is 0 Å². The molecule has 0 aliphatic carbocycles. The average Bonchev–Trinajstić information content (AvgIpc) is 2.29. The largest absolute Gasteiger partial charge is 0.493 e. The van der Waals surface area contributed by atoms with Crippen LogP contribution in [0.3, 0.4) is 0 Å². The second-order valence-corrected chi connectivity index (χ2v) is 4.81. The summed E-state index contributed by atoms with van der Waals surface area (Å²) >= 11 is 0. The Kier molecular flexibility index (Phi) is 4.97. The van der Waals surface area contributed by atoms with E-state index in [4.69, 9.17) is 9.47 Å². The van der Waals surface area contributed by atoms with Crippen LogP contribution in [0.15, 0.2) is 24.3 Å². The van der Waals surface area contributed by atoms with Gasteiger partial charge in [0.05, 0.1) is 18.3 Å². The van der Waals surface area contributed by atoms with Gasteiger partial charge in [-0.15, -0.1) is 0 Å². The SMILES string of the molecule is COC(C)(C)CCOc1ccc(C(C)O)cc1. The first-order valence-electron chi connectivity index (χ1n) is 5.90. The van der Waals surface area contributed by atoms with E-state index in [-0.39, 0.29) is 5.60 Å². The van der Waals surface area contributed by atoms with E-state index < -0.39 is 6.10 Å². The zero-order valence-electron chi connectivity index (χ0n) is 11.1. The third kappa shape index (κ3) is 4.75. The van der Waals surface area contributed by atoms with E-state index in [1.54, 1.807) is 14.0 Å². The van der Waals surface area contributed by atoms with Crippen LogP contribution in [-0.4, -0.2) is 24.4 Å². The fraction of sp³-hybridized carbons (Fsp3) is 0.571. The molecule has 0 spiro atoms. The minimum absolute atomic E-state index is 0.153. The molecule has 0 saturated heterocycles. The van der Waals surface area contributed by atoms with Gasteiger partial charge in [-0.05, 0) is 38.5 Å². The van der Waals surface area contributed by atoms with Crippen LogP contribution in [0.1, 0.15) is 38.9 Å². The molecule has 1 unspecified atom stereocenters. The molecule has 1 aromatic carbocycles. The molecule has 0 fully saturated rings. The van der Waals surface area contributed by atoms with Crippen LogP contribution in [0.25, 0.3) is 0 Å². The lowest BCUT2D eigenvalue weighted by atomic mass is 10.1. The third-order valence-electron chi connectivity index (χ3n) is 2.89. The molecular formula is C14H22O3.